The quantitative estimate of drug-likeness (QED) is 0.742. The third kappa shape index (κ3) is 1.34. The minimum absolute atomic E-state index is 0.0444. The summed E-state index contributed by atoms with van der Waals surface area (Å²) in [6, 6.07) is 5.81. The van der Waals surface area contributed by atoms with E-state index >= 15 is 0 Å². The van der Waals surface area contributed by atoms with E-state index in [0.29, 0.717) is 6.42 Å². The highest BCUT2D eigenvalue weighted by Crippen LogP contribution is 2.30. The fourth-order valence-corrected chi connectivity index (χ4v) is 3.97. The van der Waals surface area contributed by atoms with Gasteiger partial charge < -0.3 is 0 Å². The Morgan fingerprint density at radius 2 is 1.91 bits per heavy atom. The zero-order valence-electron chi connectivity index (χ0n) is 11.8. The minimum Gasteiger partial charge on any atom is -0.294 e. The normalized spacial score (nSPS) is 17.7. The van der Waals surface area contributed by atoms with Crippen LogP contribution in [0.2, 0.25) is 0 Å². The first kappa shape index (κ1) is 11.9. The number of ketones is 2. The first-order chi connectivity index (χ1) is 10.7. The molecule has 0 bridgehead atoms. The van der Waals surface area contributed by atoms with Gasteiger partial charge in [-0.3, -0.25) is 9.59 Å². The Hall–Kier alpha value is -2.74. The number of hydrogen-bond acceptors (Lipinski definition) is 2. The van der Waals surface area contributed by atoms with Crippen LogP contribution in [0.15, 0.2) is 36.4 Å². The van der Waals surface area contributed by atoms with Crippen LogP contribution < -0.4 is 10.4 Å². The summed E-state index contributed by atoms with van der Waals surface area (Å²) in [5.74, 6) is 0.182. The fraction of sp³-hybridized carbons (Fsp3) is 0.100. The van der Waals surface area contributed by atoms with Gasteiger partial charge in [0.15, 0.2) is 11.6 Å². The van der Waals surface area contributed by atoms with Crippen molar-refractivity contribution in [2.75, 3.05) is 0 Å². The number of Topliss-reactive ketones (excluding diaryl/α,β-unsaturated/α-hetero) is 1. The average molecular weight is 284 g/mol. The molecule has 0 aromatic heterocycles. The number of carbonyl (C=O) groups excluding carboxylic acids is 2. The van der Waals surface area contributed by atoms with Crippen LogP contribution in [0.5, 0.6) is 0 Å². The molecular formula is C20H12O2. The molecule has 0 N–H and O–H groups in total. The van der Waals surface area contributed by atoms with E-state index in [-0.39, 0.29) is 11.6 Å². The van der Waals surface area contributed by atoms with Crippen molar-refractivity contribution in [2.24, 2.45) is 0 Å². The molecule has 0 heterocycles. The van der Waals surface area contributed by atoms with E-state index in [1.165, 1.54) is 10.8 Å². The van der Waals surface area contributed by atoms with Gasteiger partial charge in [0.1, 0.15) is 0 Å². The van der Waals surface area contributed by atoms with E-state index in [0.717, 1.165) is 39.1 Å². The fourth-order valence-electron chi connectivity index (χ4n) is 3.97. The van der Waals surface area contributed by atoms with Crippen LogP contribution in [-0.4, -0.2) is 11.6 Å². The van der Waals surface area contributed by atoms with E-state index in [1.54, 1.807) is 12.2 Å². The molecule has 0 saturated carbocycles. The number of rotatable bonds is 0. The molecule has 0 radical (unpaired) electrons. The van der Waals surface area contributed by atoms with Crippen LogP contribution in [-0.2, 0) is 11.2 Å². The molecule has 3 aliphatic rings. The van der Waals surface area contributed by atoms with Crippen LogP contribution in [0, 0.1) is 0 Å². The van der Waals surface area contributed by atoms with Crippen molar-refractivity contribution >= 4 is 40.1 Å². The number of hydrogen-bond donors (Lipinski definition) is 0. The second kappa shape index (κ2) is 3.92. The van der Waals surface area contributed by atoms with Crippen LogP contribution >= 0.6 is 0 Å². The lowest BCUT2D eigenvalue weighted by Crippen LogP contribution is -2.38. The maximum atomic E-state index is 12.2. The molecule has 2 nitrogen and oxygen atoms in total. The van der Waals surface area contributed by atoms with Gasteiger partial charge in [-0.1, -0.05) is 36.4 Å². The number of carbonyl (C=O) groups is 2. The molecule has 0 unspecified atom stereocenters. The molecule has 0 aliphatic heterocycles. The summed E-state index contributed by atoms with van der Waals surface area (Å²) in [7, 11) is 0. The molecule has 2 heteroatoms. The largest absolute Gasteiger partial charge is 0.294 e. The first-order valence-corrected chi connectivity index (χ1v) is 7.48. The second-order valence-corrected chi connectivity index (χ2v) is 6.03. The molecule has 0 saturated heterocycles. The van der Waals surface area contributed by atoms with E-state index < -0.39 is 0 Å². The SMILES string of the molecule is O=C1C=c2c3c(c4c5c(cccc25)C(=O)C=C4)CC=CC=3C1. The van der Waals surface area contributed by atoms with Gasteiger partial charge in [-0.05, 0) is 51.1 Å². The van der Waals surface area contributed by atoms with Crippen molar-refractivity contribution in [1.82, 2.24) is 0 Å². The molecule has 0 spiro atoms. The Kier molecular flexibility index (Phi) is 2.11. The van der Waals surface area contributed by atoms with E-state index in [1.807, 2.05) is 24.3 Å². The number of allylic oxidation sites excluding steroid dienone is 3. The van der Waals surface area contributed by atoms with Crippen LogP contribution in [0.1, 0.15) is 27.9 Å². The smallest absolute Gasteiger partial charge is 0.186 e. The van der Waals surface area contributed by atoms with Crippen molar-refractivity contribution in [3.63, 3.8) is 0 Å². The lowest BCUT2D eigenvalue weighted by Gasteiger charge is -2.22. The van der Waals surface area contributed by atoms with Crippen molar-refractivity contribution in [1.29, 1.82) is 0 Å². The zero-order valence-corrected chi connectivity index (χ0v) is 11.8. The molecule has 5 rings (SSSR count). The predicted molar refractivity (Wildman–Crippen MR) is 86.9 cm³/mol. The third-order valence-electron chi connectivity index (χ3n) is 4.82. The van der Waals surface area contributed by atoms with E-state index in [4.69, 9.17) is 0 Å². The molecular weight excluding hydrogens is 272 g/mol. The third-order valence-corrected chi connectivity index (χ3v) is 4.82. The Labute approximate surface area is 126 Å². The molecule has 3 aliphatic carbocycles. The Balaban J connectivity index is 2.17. The second-order valence-electron chi connectivity index (χ2n) is 6.03. The summed E-state index contributed by atoms with van der Waals surface area (Å²) < 4.78 is 0. The lowest BCUT2D eigenvalue weighted by molar-refractivity contribution is -0.112. The molecule has 2 aromatic rings. The van der Waals surface area contributed by atoms with Gasteiger partial charge in [-0.2, -0.15) is 0 Å². The molecule has 2 aromatic carbocycles. The molecule has 0 amide bonds. The summed E-state index contributed by atoms with van der Waals surface area (Å²) in [4.78, 5) is 24.3. The Bertz CT molecular complexity index is 1090. The summed E-state index contributed by atoms with van der Waals surface area (Å²) in [6.45, 7) is 0. The molecule has 0 atom stereocenters. The van der Waals surface area contributed by atoms with Crippen LogP contribution in [0.3, 0.4) is 0 Å². The van der Waals surface area contributed by atoms with Gasteiger partial charge in [-0.15, -0.1) is 0 Å². The molecule has 22 heavy (non-hydrogen) atoms. The summed E-state index contributed by atoms with van der Waals surface area (Å²) in [6.07, 6.45) is 10.9. The topological polar surface area (TPSA) is 34.1 Å². The number of benzene rings is 2. The van der Waals surface area contributed by atoms with Gasteiger partial charge >= 0.3 is 0 Å². The maximum Gasteiger partial charge on any atom is 0.186 e. The number of fused-ring (bicyclic) bond motifs is 2. The van der Waals surface area contributed by atoms with Gasteiger partial charge in [0.2, 0.25) is 0 Å². The summed E-state index contributed by atoms with van der Waals surface area (Å²) >= 11 is 0. The first-order valence-electron chi connectivity index (χ1n) is 7.48. The van der Waals surface area contributed by atoms with Crippen LogP contribution in [0.25, 0.3) is 28.5 Å². The van der Waals surface area contributed by atoms with Gasteiger partial charge in [0.05, 0.1) is 0 Å². The van der Waals surface area contributed by atoms with Crippen molar-refractivity contribution in [3.8, 4) is 0 Å². The average Bonchev–Trinajstić information content (AvgIpc) is 2.53. The molecule has 0 fully saturated rings. The van der Waals surface area contributed by atoms with Gasteiger partial charge in [0.25, 0.3) is 0 Å². The van der Waals surface area contributed by atoms with Crippen molar-refractivity contribution in [3.05, 3.63) is 63.6 Å². The predicted octanol–water partition coefficient (Wildman–Crippen LogP) is 2.07. The molecule has 104 valence electrons. The zero-order chi connectivity index (χ0) is 14.8. The maximum absolute atomic E-state index is 12.2. The van der Waals surface area contributed by atoms with Crippen molar-refractivity contribution in [2.45, 2.75) is 12.8 Å². The van der Waals surface area contributed by atoms with Gasteiger partial charge in [0, 0.05) is 17.4 Å². The summed E-state index contributed by atoms with van der Waals surface area (Å²) in [5, 5.41) is 4.23. The van der Waals surface area contributed by atoms with Crippen molar-refractivity contribution < 1.29 is 9.59 Å². The highest BCUT2D eigenvalue weighted by atomic mass is 16.1. The summed E-state index contributed by atoms with van der Waals surface area (Å²) in [5.41, 5.74) is 4.25. The lowest BCUT2D eigenvalue weighted by atomic mass is 9.81. The van der Waals surface area contributed by atoms with Gasteiger partial charge in [-0.25, -0.2) is 0 Å². The Morgan fingerprint density at radius 1 is 1.00 bits per heavy atom. The Morgan fingerprint density at radius 3 is 2.82 bits per heavy atom. The monoisotopic (exact) mass is 284 g/mol. The van der Waals surface area contributed by atoms with E-state index in [2.05, 4.69) is 12.2 Å². The standard InChI is InChI=1S/C20H12O2/c21-12-9-11-3-1-4-13-15-7-8-18(22)16-6-2-5-14(20(15)16)17(10-12)19(11)13/h1-3,5-8,10H,4,9H2. The highest BCUT2D eigenvalue weighted by molar-refractivity contribution is 6.21. The highest BCUT2D eigenvalue weighted by Gasteiger charge is 2.23. The van der Waals surface area contributed by atoms with Crippen LogP contribution in [0.4, 0.5) is 0 Å². The van der Waals surface area contributed by atoms with E-state index in [9.17, 15) is 9.59 Å². The minimum atomic E-state index is 0.0444.